The quantitative estimate of drug-likeness (QED) is 0.159. The first-order valence-corrected chi connectivity index (χ1v) is 12.2. The zero-order valence-electron chi connectivity index (χ0n) is 20.0. The van der Waals surface area contributed by atoms with Gasteiger partial charge in [-0.25, -0.2) is 0 Å². The van der Waals surface area contributed by atoms with Gasteiger partial charge in [0.25, 0.3) is 0 Å². The molecule has 32 heavy (non-hydrogen) atoms. The summed E-state index contributed by atoms with van der Waals surface area (Å²) < 4.78 is 5.54. The van der Waals surface area contributed by atoms with Gasteiger partial charge >= 0.3 is 5.97 Å². The van der Waals surface area contributed by atoms with E-state index < -0.39 is 6.04 Å². The van der Waals surface area contributed by atoms with Crippen LogP contribution in [0.3, 0.4) is 0 Å². The first-order chi connectivity index (χ1) is 15.0. The molecule has 1 N–H and O–H groups in total. The number of allylic oxidation sites excluding steroid dienone is 1. The fraction of sp³-hybridized carbons (Fsp3) is 0.840. The largest absolute Gasteiger partial charge is 0.462 e. The van der Waals surface area contributed by atoms with E-state index in [2.05, 4.69) is 25.1 Å². The Morgan fingerprint density at radius 1 is 1.28 bits per heavy atom. The molecule has 0 aliphatic heterocycles. The molecule has 7 nitrogen and oxygen atoms in total. The number of hydrogen-bond donors (Lipinski definition) is 1. The van der Waals surface area contributed by atoms with Crippen LogP contribution in [0.5, 0.6) is 0 Å². The molecule has 0 aromatic carbocycles. The summed E-state index contributed by atoms with van der Waals surface area (Å²) >= 11 is 0. The van der Waals surface area contributed by atoms with Gasteiger partial charge in [0.2, 0.25) is 6.04 Å². The van der Waals surface area contributed by atoms with Gasteiger partial charge in [-0.15, -0.1) is 0 Å². The number of ether oxygens (including phenoxy) is 1. The molecule has 178 valence electrons. The van der Waals surface area contributed by atoms with Gasteiger partial charge in [0, 0.05) is 37.0 Å². The minimum Gasteiger partial charge on any atom is -0.462 e. The van der Waals surface area contributed by atoms with E-state index in [1.807, 2.05) is 6.92 Å². The number of esters is 1. The maximum Gasteiger partial charge on any atom is 0.302 e. The first-order valence-electron chi connectivity index (χ1n) is 12.2. The van der Waals surface area contributed by atoms with Crippen LogP contribution in [-0.2, 0) is 9.53 Å². The maximum absolute atomic E-state index is 11.7. The molecule has 7 heteroatoms. The summed E-state index contributed by atoms with van der Waals surface area (Å²) in [7, 11) is 0. The van der Waals surface area contributed by atoms with E-state index in [0.717, 1.165) is 44.9 Å². The lowest BCUT2D eigenvalue weighted by molar-refractivity contribution is -0.528. The Kier molecular flexibility index (Phi) is 5.91. The van der Waals surface area contributed by atoms with Crippen molar-refractivity contribution in [3.63, 3.8) is 0 Å². The van der Waals surface area contributed by atoms with Gasteiger partial charge in [-0.2, -0.15) is 0 Å². The second kappa shape index (κ2) is 8.14. The van der Waals surface area contributed by atoms with Crippen LogP contribution in [0.4, 0.5) is 0 Å². The Bertz CT molecular complexity index is 853. The van der Waals surface area contributed by atoms with Crippen LogP contribution in [0.1, 0.15) is 79.6 Å². The summed E-state index contributed by atoms with van der Waals surface area (Å²) in [6.07, 6.45) is 9.07. The van der Waals surface area contributed by atoms with Crippen LogP contribution < -0.4 is 0 Å². The molecule has 0 heterocycles. The van der Waals surface area contributed by atoms with Gasteiger partial charge in [0.05, 0.1) is 5.71 Å². The van der Waals surface area contributed by atoms with Crippen LogP contribution in [-0.4, -0.2) is 34.0 Å². The van der Waals surface area contributed by atoms with Crippen LogP contribution in [0.15, 0.2) is 16.8 Å². The molecule has 0 saturated heterocycles. The summed E-state index contributed by atoms with van der Waals surface area (Å²) in [5.74, 6) is 1.06. The van der Waals surface area contributed by atoms with Crippen LogP contribution in [0.2, 0.25) is 0 Å². The van der Waals surface area contributed by atoms with Crippen LogP contribution >= 0.6 is 0 Å². The third kappa shape index (κ3) is 3.47. The number of oxime groups is 1. The highest BCUT2D eigenvalue weighted by molar-refractivity contribution is 5.85. The minimum atomic E-state index is -0.651. The summed E-state index contributed by atoms with van der Waals surface area (Å²) in [5, 5.41) is 24.9. The topological polar surface area (TPSA) is 102 Å². The highest BCUT2D eigenvalue weighted by atomic mass is 16.6. The lowest BCUT2D eigenvalue weighted by Crippen LogP contribution is -2.51. The number of nitro groups is 1. The van der Waals surface area contributed by atoms with E-state index in [1.54, 1.807) is 6.92 Å². The van der Waals surface area contributed by atoms with Crippen molar-refractivity contribution in [1.82, 2.24) is 0 Å². The van der Waals surface area contributed by atoms with Gasteiger partial charge in [-0.1, -0.05) is 30.7 Å². The second-order valence-corrected chi connectivity index (χ2v) is 11.4. The highest BCUT2D eigenvalue weighted by Crippen LogP contribution is 2.68. The molecule has 4 rings (SSSR count). The molecule has 0 spiro atoms. The molecule has 4 aliphatic rings. The molecule has 0 aromatic heterocycles. The summed E-state index contributed by atoms with van der Waals surface area (Å²) in [6.45, 7) is 9.72. The van der Waals surface area contributed by atoms with E-state index in [4.69, 9.17) is 4.74 Å². The second-order valence-electron chi connectivity index (χ2n) is 11.4. The maximum atomic E-state index is 11.7. The Balaban J connectivity index is 1.65. The van der Waals surface area contributed by atoms with Gasteiger partial charge in [-0.3, -0.25) is 14.9 Å². The van der Waals surface area contributed by atoms with Crippen molar-refractivity contribution >= 4 is 11.7 Å². The lowest BCUT2D eigenvalue weighted by Gasteiger charge is -2.58. The van der Waals surface area contributed by atoms with Crippen molar-refractivity contribution in [2.24, 2.45) is 45.6 Å². The van der Waals surface area contributed by atoms with Crippen molar-refractivity contribution in [2.45, 2.75) is 91.7 Å². The van der Waals surface area contributed by atoms with Crippen molar-refractivity contribution in [2.75, 3.05) is 0 Å². The zero-order valence-corrected chi connectivity index (χ0v) is 20.0. The summed E-state index contributed by atoms with van der Waals surface area (Å²) in [4.78, 5) is 23.1. The molecular formula is C25H38N2O5. The third-order valence-electron chi connectivity index (χ3n) is 10.1. The van der Waals surface area contributed by atoms with Gasteiger partial charge in [0.15, 0.2) is 0 Å². The molecule has 4 aliphatic carbocycles. The van der Waals surface area contributed by atoms with Crippen molar-refractivity contribution < 1.29 is 19.7 Å². The molecule has 0 radical (unpaired) electrons. The highest BCUT2D eigenvalue weighted by Gasteiger charge is 2.63. The average Bonchev–Trinajstić information content (AvgIpc) is 3.05. The Labute approximate surface area is 190 Å². The van der Waals surface area contributed by atoms with E-state index in [9.17, 15) is 20.1 Å². The average molecular weight is 447 g/mol. The fourth-order valence-electron chi connectivity index (χ4n) is 8.54. The van der Waals surface area contributed by atoms with E-state index >= 15 is 0 Å². The lowest BCUT2D eigenvalue weighted by atomic mass is 9.47. The smallest absolute Gasteiger partial charge is 0.302 e. The predicted octanol–water partition coefficient (Wildman–Crippen LogP) is 5.24. The molecule has 0 aromatic rings. The number of fused-ring (bicyclic) bond motifs is 5. The number of hydrogen-bond acceptors (Lipinski definition) is 6. The standard InChI is InChI=1S/C25H38N2O5/c1-14(26-29)23-20(15(2)27(30)31)13-22-19-7-6-17-12-18(32-16(3)28)8-10-24(17,4)21(19)9-11-25(22,23)5/h6,15,18-23,29H,7-13H2,1-5H3/b26-14-/t15-,18-,19-,20-,21-,22-,23-,24-,25-/m0/s1. The Morgan fingerprint density at radius 3 is 2.62 bits per heavy atom. The SMILES string of the molecule is CC(=O)O[C@H]1CC[C@@]2(C)C(=CC[C@@H]3[C@@H]4C[C@@H]([C@H](C)[N+](=O)[O-])[C@H](/C(C)=N\O)[C@@]4(C)CC[C@@H]32)C1. The molecule has 0 amide bonds. The van der Waals surface area contributed by atoms with Gasteiger partial charge < -0.3 is 9.94 Å². The van der Waals surface area contributed by atoms with Crippen LogP contribution in [0.25, 0.3) is 0 Å². The molecular weight excluding hydrogens is 408 g/mol. The normalized spacial score (nSPS) is 44.5. The fourth-order valence-corrected chi connectivity index (χ4v) is 8.54. The summed E-state index contributed by atoms with van der Waals surface area (Å²) in [5.41, 5.74) is 2.12. The Morgan fingerprint density at radius 2 is 2.00 bits per heavy atom. The summed E-state index contributed by atoms with van der Waals surface area (Å²) in [6, 6.07) is -0.651. The Hall–Kier alpha value is -1.92. The molecule has 3 saturated carbocycles. The minimum absolute atomic E-state index is 0.0122. The van der Waals surface area contributed by atoms with Crippen molar-refractivity contribution in [1.29, 1.82) is 0 Å². The number of carbonyl (C=O) groups excluding carboxylic acids is 1. The van der Waals surface area contributed by atoms with Crippen molar-refractivity contribution in [3.8, 4) is 0 Å². The number of rotatable bonds is 4. The van der Waals surface area contributed by atoms with E-state index in [-0.39, 0.29) is 39.7 Å². The predicted molar refractivity (Wildman–Crippen MR) is 121 cm³/mol. The molecule has 0 unspecified atom stereocenters. The van der Waals surface area contributed by atoms with E-state index in [0.29, 0.717) is 23.5 Å². The number of carbonyl (C=O) groups is 1. The van der Waals surface area contributed by atoms with Crippen molar-refractivity contribution in [3.05, 3.63) is 21.8 Å². The molecule has 9 atom stereocenters. The molecule has 3 fully saturated rings. The van der Waals surface area contributed by atoms with Crippen LogP contribution in [0, 0.1) is 50.5 Å². The molecule has 0 bridgehead atoms. The van der Waals surface area contributed by atoms with E-state index in [1.165, 1.54) is 12.5 Å². The van der Waals surface area contributed by atoms with Gasteiger partial charge in [0.1, 0.15) is 6.10 Å². The zero-order chi connectivity index (χ0) is 23.4. The van der Waals surface area contributed by atoms with Gasteiger partial charge in [-0.05, 0) is 74.0 Å². The third-order valence-corrected chi connectivity index (χ3v) is 10.1. The monoisotopic (exact) mass is 446 g/mol. The number of nitrogens with zero attached hydrogens (tertiary/aromatic N) is 2. The first kappa shape index (κ1) is 23.2.